The van der Waals surface area contributed by atoms with Crippen LogP contribution in [-0.4, -0.2) is 62.8 Å². The van der Waals surface area contributed by atoms with E-state index < -0.39 is 0 Å². The fourth-order valence-corrected chi connectivity index (χ4v) is 9.79. The molecule has 0 aliphatic heterocycles. The summed E-state index contributed by atoms with van der Waals surface area (Å²) >= 11 is 0. The SMILES string of the molecule is Bc1c(B)c(B)c2c(-c3ccc(-c4cccc5c4oc4ccccc45)cc3)c3c(B)c(B)c(B)c(B)c3c(-c3ccc(-c4cccc5ccccc45)cc3)c2c1B. The number of hydrogen-bond acceptors (Lipinski definition) is 1. The molecule has 0 spiro atoms. The van der Waals surface area contributed by atoms with Gasteiger partial charge in [-0.15, -0.1) is 21.9 Å². The molecule has 1 nitrogen and oxygen atoms in total. The monoisotopic (exact) mass is 718 g/mol. The van der Waals surface area contributed by atoms with Crippen molar-refractivity contribution in [1.29, 1.82) is 0 Å². The van der Waals surface area contributed by atoms with E-state index in [4.69, 9.17) is 4.42 Å². The second kappa shape index (κ2) is 13.3. The first-order valence-electron chi connectivity index (χ1n) is 20.2. The predicted octanol–water partition coefficient (Wildman–Crippen LogP) is -0.219. The van der Waals surface area contributed by atoms with Crippen LogP contribution in [0.2, 0.25) is 0 Å². The van der Waals surface area contributed by atoms with Gasteiger partial charge in [0.25, 0.3) is 0 Å². The van der Waals surface area contributed by atoms with Gasteiger partial charge in [0.1, 0.15) is 73.9 Å². The highest BCUT2D eigenvalue weighted by Gasteiger charge is 2.25. The number of furan rings is 1. The Balaban J connectivity index is 1.25. The molecule has 0 aliphatic carbocycles. The molecule has 260 valence electrons. The molecule has 0 fully saturated rings. The maximum Gasteiger partial charge on any atom is 0.143 e. The van der Waals surface area contributed by atoms with Crippen LogP contribution in [0.4, 0.5) is 0 Å². The second-order valence-corrected chi connectivity index (χ2v) is 16.2. The second-order valence-electron chi connectivity index (χ2n) is 16.2. The third-order valence-corrected chi connectivity index (χ3v) is 13.5. The largest absolute Gasteiger partial charge is 0.455 e. The van der Waals surface area contributed by atoms with Gasteiger partial charge in [-0.25, -0.2) is 0 Å². The minimum atomic E-state index is 0.922. The minimum Gasteiger partial charge on any atom is -0.455 e. The van der Waals surface area contributed by atoms with E-state index >= 15 is 0 Å². The lowest BCUT2D eigenvalue weighted by molar-refractivity contribution is 0.670. The molecule has 1 heterocycles. The van der Waals surface area contributed by atoms with E-state index in [-0.39, 0.29) is 0 Å². The molecule has 0 saturated heterocycles. The van der Waals surface area contributed by atoms with Crippen LogP contribution in [0.15, 0.2) is 138 Å². The zero-order chi connectivity index (χ0) is 39.3. The topological polar surface area (TPSA) is 13.1 Å². The van der Waals surface area contributed by atoms with Crippen molar-refractivity contribution in [2.75, 3.05) is 0 Å². The highest BCUT2D eigenvalue weighted by Crippen LogP contribution is 2.42. The molecule has 0 aliphatic rings. The first kappa shape index (κ1) is 35.5. The third-order valence-electron chi connectivity index (χ3n) is 13.5. The van der Waals surface area contributed by atoms with E-state index in [0.29, 0.717) is 0 Å². The van der Waals surface area contributed by atoms with E-state index in [2.05, 4.69) is 190 Å². The Morgan fingerprint density at radius 3 is 1.23 bits per heavy atom. The van der Waals surface area contributed by atoms with Gasteiger partial charge in [-0.1, -0.05) is 149 Å². The van der Waals surface area contributed by atoms with Crippen molar-refractivity contribution in [2.24, 2.45) is 0 Å². The van der Waals surface area contributed by atoms with Crippen LogP contribution in [0.5, 0.6) is 0 Å². The van der Waals surface area contributed by atoms with Crippen LogP contribution in [0.3, 0.4) is 0 Å². The maximum absolute atomic E-state index is 6.48. The zero-order valence-electron chi connectivity index (χ0n) is 34.1. The van der Waals surface area contributed by atoms with Gasteiger partial charge >= 0.3 is 0 Å². The fourth-order valence-electron chi connectivity index (χ4n) is 9.79. The summed E-state index contributed by atoms with van der Waals surface area (Å²) in [6.45, 7) is 0. The van der Waals surface area contributed by atoms with Gasteiger partial charge in [0.05, 0.1) is 0 Å². The van der Waals surface area contributed by atoms with Crippen LogP contribution in [-0.2, 0) is 0 Å². The van der Waals surface area contributed by atoms with Crippen LogP contribution in [0, 0.1) is 0 Å². The lowest BCUT2D eigenvalue weighted by atomic mass is 9.59. The van der Waals surface area contributed by atoms with Crippen LogP contribution >= 0.6 is 0 Å². The summed E-state index contributed by atoms with van der Waals surface area (Å²) in [5.41, 5.74) is 22.7. The Morgan fingerprint density at radius 1 is 0.298 bits per heavy atom. The van der Waals surface area contributed by atoms with Gasteiger partial charge in [-0.05, 0) is 77.3 Å². The average Bonchev–Trinajstić information content (AvgIpc) is 3.64. The molecule has 10 aromatic rings. The smallest absolute Gasteiger partial charge is 0.143 e. The summed E-state index contributed by atoms with van der Waals surface area (Å²) in [7, 11) is 18.6. The molecule has 0 N–H and O–H groups in total. The Hall–Kier alpha value is -5.92. The molecule has 0 unspecified atom stereocenters. The standard InChI is InChI=1S/C48H38B8O/c49-40-36-34(26-19-15-24(16-20-26)29-11-5-8-23-7-1-2-9-28(23)29)37-39(43(52)47(56)45(54)41(37)50)35(38(36)42(51)46(55)44(40)53)27-21-17-25(18-22-27)30-12-6-13-32-31-10-3-4-14-33(31)57-48(30)32/h1-22H,49-56H2. The number of rotatable bonds is 4. The Bertz CT molecular complexity index is 3230. The maximum atomic E-state index is 6.48. The predicted molar refractivity (Wildman–Crippen MR) is 273 cm³/mol. The van der Waals surface area contributed by atoms with Gasteiger partial charge in [0.2, 0.25) is 0 Å². The Labute approximate surface area is 341 Å². The van der Waals surface area contributed by atoms with E-state index in [1.165, 1.54) is 109 Å². The molecule has 0 radical (unpaired) electrons. The Morgan fingerprint density at radius 2 is 0.684 bits per heavy atom. The van der Waals surface area contributed by atoms with E-state index in [1.807, 2.05) is 6.07 Å². The minimum absolute atomic E-state index is 0.922. The number of benzene rings is 9. The van der Waals surface area contributed by atoms with Crippen LogP contribution < -0.4 is 43.7 Å². The zero-order valence-corrected chi connectivity index (χ0v) is 34.1. The lowest BCUT2D eigenvalue weighted by Gasteiger charge is -2.28. The molecule has 10 rings (SSSR count). The van der Waals surface area contributed by atoms with Crippen molar-refractivity contribution in [3.05, 3.63) is 133 Å². The third kappa shape index (κ3) is 5.28. The fraction of sp³-hybridized carbons (Fsp3) is 0. The van der Waals surface area contributed by atoms with Crippen molar-refractivity contribution in [3.63, 3.8) is 0 Å². The Kier molecular flexibility index (Phi) is 8.31. The molecule has 0 amide bonds. The lowest BCUT2D eigenvalue weighted by Crippen LogP contribution is -2.50. The van der Waals surface area contributed by atoms with Crippen molar-refractivity contribution in [1.82, 2.24) is 0 Å². The average molecular weight is 717 g/mol. The highest BCUT2D eigenvalue weighted by molar-refractivity contribution is 6.71. The highest BCUT2D eigenvalue weighted by atomic mass is 16.3. The van der Waals surface area contributed by atoms with Gasteiger partial charge in [-0.3, -0.25) is 0 Å². The van der Waals surface area contributed by atoms with Gasteiger partial charge in [0, 0.05) is 16.3 Å². The quantitative estimate of drug-likeness (QED) is 0.182. The summed E-state index contributed by atoms with van der Waals surface area (Å²) < 4.78 is 6.48. The summed E-state index contributed by atoms with van der Waals surface area (Å²) in [6.07, 6.45) is 0. The summed E-state index contributed by atoms with van der Waals surface area (Å²) in [5, 5.41) is 10.3. The van der Waals surface area contributed by atoms with Crippen molar-refractivity contribution in [3.8, 4) is 44.5 Å². The molecule has 9 heteroatoms. The number of fused-ring (bicyclic) bond motifs is 6. The van der Waals surface area contributed by atoms with Crippen molar-refractivity contribution < 1.29 is 4.42 Å². The molecule has 57 heavy (non-hydrogen) atoms. The molecule has 9 aromatic carbocycles. The molecule has 0 saturated carbocycles. The summed E-state index contributed by atoms with van der Waals surface area (Å²) in [6, 6.07) is 48.8. The first-order chi connectivity index (χ1) is 27.6. The molecular weight excluding hydrogens is 679 g/mol. The van der Waals surface area contributed by atoms with E-state index in [9.17, 15) is 0 Å². The molecule has 1 aromatic heterocycles. The summed E-state index contributed by atoms with van der Waals surface area (Å²) in [5.74, 6) is 0. The van der Waals surface area contributed by atoms with E-state index in [1.54, 1.807) is 0 Å². The van der Waals surface area contributed by atoms with Gasteiger partial charge < -0.3 is 4.42 Å². The molecular formula is C48H38B8O. The number of hydrogen-bond donors (Lipinski definition) is 0. The van der Waals surface area contributed by atoms with Gasteiger partial charge in [0.15, 0.2) is 0 Å². The van der Waals surface area contributed by atoms with E-state index in [0.717, 1.165) is 33.1 Å². The van der Waals surface area contributed by atoms with Gasteiger partial charge in [-0.2, -0.15) is 0 Å². The normalized spacial score (nSPS) is 11.7. The van der Waals surface area contributed by atoms with Crippen LogP contribution in [0.1, 0.15) is 0 Å². The summed E-state index contributed by atoms with van der Waals surface area (Å²) in [4.78, 5) is 0. The van der Waals surface area contributed by atoms with Crippen molar-refractivity contribution >= 4 is 161 Å². The number of para-hydroxylation sites is 2. The van der Waals surface area contributed by atoms with Crippen molar-refractivity contribution in [2.45, 2.75) is 0 Å². The molecule has 0 atom stereocenters. The van der Waals surface area contributed by atoms with Crippen LogP contribution in [0.25, 0.3) is 98.8 Å². The first-order valence-corrected chi connectivity index (χ1v) is 20.2. The molecule has 0 bridgehead atoms.